The van der Waals surface area contributed by atoms with Crippen molar-refractivity contribution in [2.75, 3.05) is 39.6 Å². The summed E-state index contributed by atoms with van der Waals surface area (Å²) in [6.45, 7) is 2.67. The van der Waals surface area contributed by atoms with Gasteiger partial charge in [-0.15, -0.1) is 0 Å². The molecule has 158 valence electrons. The second-order valence-corrected chi connectivity index (χ2v) is 10.1. The van der Waals surface area contributed by atoms with E-state index in [0.717, 1.165) is 27.9 Å². The van der Waals surface area contributed by atoms with Crippen molar-refractivity contribution in [3.8, 4) is 5.75 Å². The number of rotatable bonds is 4. The van der Waals surface area contributed by atoms with E-state index in [1.165, 1.54) is 10.6 Å². The summed E-state index contributed by atoms with van der Waals surface area (Å²) in [6, 6.07) is 5.36. The van der Waals surface area contributed by atoms with Gasteiger partial charge in [0.25, 0.3) is 0 Å². The van der Waals surface area contributed by atoms with Gasteiger partial charge in [0.15, 0.2) is 0 Å². The summed E-state index contributed by atoms with van der Waals surface area (Å²) in [7, 11) is 0.221. The summed E-state index contributed by atoms with van der Waals surface area (Å²) in [6.07, 6.45) is 1.54. The Balaban J connectivity index is 1.96. The molecule has 1 fully saturated rings. The first kappa shape index (κ1) is 20.2. The van der Waals surface area contributed by atoms with Crippen LogP contribution in [0.25, 0.3) is 10.9 Å². The van der Waals surface area contributed by atoms with Crippen molar-refractivity contribution in [3.63, 3.8) is 0 Å². The molecule has 2 aliphatic rings. The van der Waals surface area contributed by atoms with Crippen LogP contribution in [0.1, 0.15) is 30.6 Å². The molecule has 1 atom stereocenters. The third-order valence-electron chi connectivity index (χ3n) is 6.37. The van der Waals surface area contributed by atoms with Crippen molar-refractivity contribution >= 4 is 26.8 Å². The Labute approximate surface area is 170 Å². The van der Waals surface area contributed by atoms with Crippen LogP contribution in [0.2, 0.25) is 0 Å². The van der Waals surface area contributed by atoms with Crippen molar-refractivity contribution in [2.24, 2.45) is 7.05 Å². The first-order chi connectivity index (χ1) is 13.7. The van der Waals surface area contributed by atoms with Crippen LogP contribution in [0, 0.1) is 0 Å². The molecule has 3 heterocycles. The third kappa shape index (κ3) is 2.86. The number of sulfonamides is 1. The lowest BCUT2D eigenvalue weighted by Crippen LogP contribution is -2.68. The van der Waals surface area contributed by atoms with Crippen molar-refractivity contribution in [3.05, 3.63) is 29.5 Å². The van der Waals surface area contributed by atoms with Gasteiger partial charge in [0.05, 0.1) is 31.5 Å². The molecule has 29 heavy (non-hydrogen) atoms. The fourth-order valence-electron chi connectivity index (χ4n) is 4.94. The molecule has 0 radical (unpaired) electrons. The fraction of sp³-hybridized carbons (Fsp3) is 0.550. The quantitative estimate of drug-likeness (QED) is 0.795. The molecule has 9 heteroatoms. The van der Waals surface area contributed by atoms with Gasteiger partial charge in [-0.25, -0.2) is 12.7 Å². The van der Waals surface area contributed by atoms with Crippen LogP contribution in [0.15, 0.2) is 18.2 Å². The minimum Gasteiger partial charge on any atom is -0.497 e. The number of aromatic nitrogens is 1. The maximum atomic E-state index is 12.7. The van der Waals surface area contributed by atoms with Crippen LogP contribution in [0.4, 0.5) is 0 Å². The van der Waals surface area contributed by atoms with Gasteiger partial charge in [-0.3, -0.25) is 4.79 Å². The van der Waals surface area contributed by atoms with E-state index in [2.05, 4.69) is 0 Å². The van der Waals surface area contributed by atoms with E-state index in [1.807, 2.05) is 29.8 Å². The monoisotopic (exact) mass is 421 g/mol. The average Bonchev–Trinajstić information content (AvgIpc) is 2.96. The maximum absolute atomic E-state index is 12.7. The Morgan fingerprint density at radius 2 is 2.00 bits per heavy atom. The minimum atomic E-state index is -3.31. The first-order valence-electron chi connectivity index (χ1n) is 9.69. The molecule has 0 saturated carbocycles. The van der Waals surface area contributed by atoms with Gasteiger partial charge in [0.2, 0.25) is 15.9 Å². The predicted molar refractivity (Wildman–Crippen MR) is 109 cm³/mol. The van der Waals surface area contributed by atoms with Gasteiger partial charge in [-0.05, 0) is 17.7 Å². The van der Waals surface area contributed by atoms with Crippen molar-refractivity contribution in [1.29, 1.82) is 0 Å². The Morgan fingerprint density at radius 3 is 2.55 bits per heavy atom. The lowest BCUT2D eigenvalue weighted by atomic mass is 9.70. The van der Waals surface area contributed by atoms with Crippen molar-refractivity contribution in [1.82, 2.24) is 13.8 Å². The molecule has 2 aromatic rings. The molecule has 0 unspecified atom stereocenters. The maximum Gasteiger partial charge on any atom is 0.222 e. The summed E-state index contributed by atoms with van der Waals surface area (Å²) in [5.74, 6) is 0.674. The number of fused-ring (bicyclic) bond motifs is 4. The van der Waals surface area contributed by atoms with E-state index in [9.17, 15) is 18.3 Å². The lowest BCUT2D eigenvalue weighted by molar-refractivity contribution is -0.137. The Hall–Kier alpha value is -2.10. The number of methoxy groups -OCH3 is 1. The molecule has 1 saturated heterocycles. The Kier molecular flexibility index (Phi) is 4.67. The number of nitrogens with zero attached hydrogens (tertiary/aromatic N) is 3. The zero-order valence-corrected chi connectivity index (χ0v) is 18.0. The number of aliphatic hydroxyl groups is 1. The number of aryl methyl sites for hydroxylation is 1. The summed E-state index contributed by atoms with van der Waals surface area (Å²) in [5.41, 5.74) is 2.37. The molecule has 1 spiro atoms. The summed E-state index contributed by atoms with van der Waals surface area (Å²) < 4.78 is 33.0. The van der Waals surface area contributed by atoms with Crippen molar-refractivity contribution in [2.45, 2.75) is 24.8 Å². The van der Waals surface area contributed by atoms with Crippen LogP contribution in [0.5, 0.6) is 5.75 Å². The average molecular weight is 422 g/mol. The zero-order chi connectivity index (χ0) is 21.1. The number of carbonyl (C=O) groups is 1. The summed E-state index contributed by atoms with van der Waals surface area (Å²) in [5, 5.41) is 11.2. The number of carbonyl (C=O) groups excluding carboxylic acids is 1. The van der Waals surface area contributed by atoms with Crippen molar-refractivity contribution < 1.29 is 23.1 Å². The number of amides is 1. The van der Waals surface area contributed by atoms with E-state index in [1.54, 1.807) is 18.9 Å². The van der Waals surface area contributed by atoms with Crippen LogP contribution in [-0.4, -0.2) is 72.8 Å². The first-order valence-corrected chi connectivity index (χ1v) is 11.5. The molecule has 1 aromatic heterocycles. The third-order valence-corrected chi connectivity index (χ3v) is 7.57. The highest BCUT2D eigenvalue weighted by Crippen LogP contribution is 2.50. The Morgan fingerprint density at radius 1 is 1.31 bits per heavy atom. The topological polar surface area (TPSA) is 92.1 Å². The molecule has 1 amide bonds. The van der Waals surface area contributed by atoms with Gasteiger partial charge in [0, 0.05) is 55.7 Å². The molecular formula is C20H27N3O5S. The largest absolute Gasteiger partial charge is 0.497 e. The highest BCUT2D eigenvalue weighted by atomic mass is 32.2. The van der Waals surface area contributed by atoms with E-state index in [4.69, 9.17) is 4.74 Å². The molecule has 2 aliphatic heterocycles. The van der Waals surface area contributed by atoms with Gasteiger partial charge in [-0.1, -0.05) is 6.92 Å². The molecule has 1 aromatic carbocycles. The van der Waals surface area contributed by atoms with Crippen LogP contribution < -0.4 is 4.74 Å². The SMILES string of the molecule is CCC(=O)N1CC2(CN(S(C)(=O)=O)C2)c2c(n(C)c3cc(OC)ccc23)[C@@H]1CO. The van der Waals surface area contributed by atoms with E-state index >= 15 is 0 Å². The molecule has 1 N–H and O–H groups in total. The second kappa shape index (κ2) is 6.72. The molecule has 0 aliphatic carbocycles. The molecule has 8 nitrogen and oxygen atoms in total. The minimum absolute atomic E-state index is 0.0466. The number of ether oxygens (including phenoxy) is 1. The van der Waals surface area contributed by atoms with Gasteiger partial charge in [-0.2, -0.15) is 0 Å². The van der Waals surface area contributed by atoms with E-state index in [-0.39, 0.29) is 12.5 Å². The fourth-order valence-corrected chi connectivity index (χ4v) is 5.91. The van der Waals surface area contributed by atoms with Crippen LogP contribution in [-0.2, 0) is 27.3 Å². The highest BCUT2D eigenvalue weighted by molar-refractivity contribution is 7.88. The number of hydrogen-bond acceptors (Lipinski definition) is 5. The zero-order valence-electron chi connectivity index (χ0n) is 17.2. The number of aliphatic hydroxyl groups excluding tert-OH is 1. The number of benzene rings is 1. The van der Waals surface area contributed by atoms with Crippen LogP contribution in [0.3, 0.4) is 0 Å². The smallest absolute Gasteiger partial charge is 0.222 e. The molecular weight excluding hydrogens is 394 g/mol. The normalized spacial score (nSPS) is 21.3. The summed E-state index contributed by atoms with van der Waals surface area (Å²) in [4.78, 5) is 14.5. The summed E-state index contributed by atoms with van der Waals surface area (Å²) >= 11 is 0. The van der Waals surface area contributed by atoms with Gasteiger partial charge < -0.3 is 19.3 Å². The predicted octanol–water partition coefficient (Wildman–Crippen LogP) is 0.986. The highest BCUT2D eigenvalue weighted by Gasteiger charge is 2.56. The van der Waals surface area contributed by atoms with Gasteiger partial charge >= 0.3 is 0 Å². The molecule has 4 rings (SSSR count). The second-order valence-electron chi connectivity index (χ2n) is 8.09. The molecule has 0 bridgehead atoms. The standard InChI is InChI=1S/C20H27N3O5S/c1-5-17(25)23-12-20(10-22(11-20)29(4,26)27)18-14-7-6-13(28-3)8-15(14)21(2)19(18)16(23)9-24/h6-8,16,24H,5,9-12H2,1-4H3/t16-/m0/s1. The van der Waals surface area contributed by atoms with Gasteiger partial charge in [0.1, 0.15) is 5.75 Å². The van der Waals surface area contributed by atoms with Crippen LogP contribution >= 0.6 is 0 Å². The lowest BCUT2D eigenvalue weighted by Gasteiger charge is -2.55. The van der Waals surface area contributed by atoms with E-state index in [0.29, 0.717) is 26.1 Å². The van der Waals surface area contributed by atoms with E-state index < -0.39 is 21.5 Å². The Bertz CT molecular complexity index is 1090. The number of hydrogen-bond donors (Lipinski definition) is 1.